The molecule has 0 aliphatic heterocycles. The van der Waals surface area contributed by atoms with Gasteiger partial charge in [0.15, 0.2) is 0 Å². The fraction of sp³-hybridized carbons (Fsp3) is 0.400. The van der Waals surface area contributed by atoms with Gasteiger partial charge in [0.05, 0.1) is 0 Å². The summed E-state index contributed by atoms with van der Waals surface area (Å²) < 4.78 is 0. The van der Waals surface area contributed by atoms with Crippen molar-refractivity contribution < 1.29 is 0 Å². The van der Waals surface area contributed by atoms with E-state index < -0.39 is 0 Å². The van der Waals surface area contributed by atoms with E-state index in [2.05, 4.69) is 55.5 Å². The molecule has 0 aromatic heterocycles. The Bertz CT molecular complexity index is 560. The third-order valence-electron chi connectivity index (χ3n) is 4.92. The second kappa shape index (κ2) is 6.44. The Balaban J connectivity index is 1.74. The molecule has 21 heavy (non-hydrogen) atoms. The molecule has 2 aromatic rings. The van der Waals surface area contributed by atoms with E-state index in [0.29, 0.717) is 6.54 Å². The first-order chi connectivity index (χ1) is 10.3. The average Bonchev–Trinajstić information content (AvgIpc) is 2.56. The van der Waals surface area contributed by atoms with Crippen LogP contribution in [0.3, 0.4) is 0 Å². The van der Waals surface area contributed by atoms with Crippen LogP contribution in [-0.4, -0.2) is 0 Å². The van der Waals surface area contributed by atoms with Gasteiger partial charge in [-0.15, -0.1) is 0 Å². The molecule has 1 fully saturated rings. The lowest BCUT2D eigenvalue weighted by atomic mass is 9.79. The molecule has 1 heteroatoms. The highest BCUT2D eigenvalue weighted by atomic mass is 14.5. The molecule has 2 aromatic carbocycles. The lowest BCUT2D eigenvalue weighted by Gasteiger charge is -2.26. The quantitative estimate of drug-likeness (QED) is 0.830. The molecule has 0 amide bonds. The maximum absolute atomic E-state index is 5.65. The summed E-state index contributed by atoms with van der Waals surface area (Å²) in [5.41, 5.74) is 10.9. The van der Waals surface area contributed by atoms with E-state index in [1.165, 1.54) is 47.9 Å². The van der Waals surface area contributed by atoms with E-state index in [-0.39, 0.29) is 0 Å². The summed E-state index contributed by atoms with van der Waals surface area (Å²) in [7, 11) is 0. The number of hydrogen-bond donors (Lipinski definition) is 1. The minimum absolute atomic E-state index is 0.610. The van der Waals surface area contributed by atoms with Crippen LogP contribution < -0.4 is 5.73 Å². The van der Waals surface area contributed by atoms with Crippen molar-refractivity contribution in [3.63, 3.8) is 0 Å². The number of rotatable bonds is 3. The van der Waals surface area contributed by atoms with Crippen molar-refractivity contribution in [2.45, 2.75) is 45.1 Å². The third-order valence-corrected chi connectivity index (χ3v) is 4.92. The van der Waals surface area contributed by atoms with Crippen LogP contribution in [0, 0.1) is 5.92 Å². The number of benzene rings is 2. The second-order valence-corrected chi connectivity index (χ2v) is 6.48. The van der Waals surface area contributed by atoms with Gasteiger partial charge in [0.25, 0.3) is 0 Å². The Hall–Kier alpha value is -1.60. The van der Waals surface area contributed by atoms with Crippen molar-refractivity contribution in [1.82, 2.24) is 0 Å². The Morgan fingerprint density at radius 3 is 1.86 bits per heavy atom. The Labute approximate surface area is 128 Å². The van der Waals surface area contributed by atoms with E-state index in [4.69, 9.17) is 5.73 Å². The lowest BCUT2D eigenvalue weighted by Crippen LogP contribution is -2.10. The van der Waals surface area contributed by atoms with E-state index in [1.54, 1.807) is 0 Å². The highest BCUT2D eigenvalue weighted by Crippen LogP contribution is 2.36. The van der Waals surface area contributed by atoms with Crippen molar-refractivity contribution in [2.75, 3.05) is 0 Å². The first-order valence-corrected chi connectivity index (χ1v) is 8.15. The first-order valence-electron chi connectivity index (χ1n) is 8.15. The van der Waals surface area contributed by atoms with Gasteiger partial charge in [-0.05, 0) is 46.9 Å². The van der Waals surface area contributed by atoms with Crippen molar-refractivity contribution in [2.24, 2.45) is 11.7 Å². The zero-order valence-electron chi connectivity index (χ0n) is 12.9. The SMILES string of the molecule is CC1CCC(c2ccc(-c3ccc(CN)cc3)cc2)CC1. The van der Waals surface area contributed by atoms with Gasteiger partial charge in [0, 0.05) is 6.54 Å². The minimum Gasteiger partial charge on any atom is -0.326 e. The average molecular weight is 279 g/mol. The summed E-state index contributed by atoms with van der Waals surface area (Å²) >= 11 is 0. The molecule has 1 aliphatic rings. The maximum atomic E-state index is 5.65. The van der Waals surface area contributed by atoms with Gasteiger partial charge in [0.2, 0.25) is 0 Å². The zero-order valence-corrected chi connectivity index (χ0v) is 12.9. The van der Waals surface area contributed by atoms with Crippen molar-refractivity contribution in [1.29, 1.82) is 0 Å². The van der Waals surface area contributed by atoms with Crippen molar-refractivity contribution in [3.8, 4) is 11.1 Å². The predicted octanol–water partition coefficient (Wildman–Crippen LogP) is 5.11. The van der Waals surface area contributed by atoms with Crippen LogP contribution in [0.5, 0.6) is 0 Å². The van der Waals surface area contributed by atoms with Crippen molar-refractivity contribution >= 4 is 0 Å². The molecule has 1 aliphatic carbocycles. The number of hydrogen-bond acceptors (Lipinski definition) is 1. The van der Waals surface area contributed by atoms with Gasteiger partial charge in [-0.25, -0.2) is 0 Å². The highest BCUT2D eigenvalue weighted by Gasteiger charge is 2.19. The van der Waals surface area contributed by atoms with Crippen LogP contribution in [0.1, 0.15) is 49.7 Å². The molecule has 2 N–H and O–H groups in total. The monoisotopic (exact) mass is 279 g/mol. The smallest absolute Gasteiger partial charge is 0.0178 e. The summed E-state index contributed by atoms with van der Waals surface area (Å²) in [6, 6.07) is 17.8. The first kappa shape index (κ1) is 14.3. The van der Waals surface area contributed by atoms with Crippen LogP contribution in [0.4, 0.5) is 0 Å². The van der Waals surface area contributed by atoms with Gasteiger partial charge >= 0.3 is 0 Å². The Morgan fingerprint density at radius 2 is 1.33 bits per heavy atom. The zero-order chi connectivity index (χ0) is 14.7. The fourth-order valence-corrected chi connectivity index (χ4v) is 3.37. The molecule has 1 saturated carbocycles. The van der Waals surface area contributed by atoms with Gasteiger partial charge in [-0.2, -0.15) is 0 Å². The van der Waals surface area contributed by atoms with Gasteiger partial charge in [0.1, 0.15) is 0 Å². The van der Waals surface area contributed by atoms with E-state index >= 15 is 0 Å². The predicted molar refractivity (Wildman–Crippen MR) is 90.1 cm³/mol. The van der Waals surface area contributed by atoms with E-state index in [0.717, 1.165) is 11.8 Å². The highest BCUT2D eigenvalue weighted by molar-refractivity contribution is 5.64. The maximum Gasteiger partial charge on any atom is 0.0178 e. The van der Waals surface area contributed by atoms with Gasteiger partial charge in [-0.3, -0.25) is 0 Å². The summed E-state index contributed by atoms with van der Waals surface area (Å²) in [4.78, 5) is 0. The van der Waals surface area contributed by atoms with Crippen molar-refractivity contribution in [3.05, 3.63) is 59.7 Å². The molecule has 0 bridgehead atoms. The third kappa shape index (κ3) is 3.36. The Morgan fingerprint density at radius 1 is 0.810 bits per heavy atom. The van der Waals surface area contributed by atoms with E-state index in [9.17, 15) is 0 Å². The molecule has 0 atom stereocenters. The topological polar surface area (TPSA) is 26.0 Å². The molecular weight excluding hydrogens is 254 g/mol. The molecule has 0 radical (unpaired) electrons. The van der Waals surface area contributed by atoms with Crippen LogP contribution in [0.25, 0.3) is 11.1 Å². The normalized spacial score (nSPS) is 22.2. The van der Waals surface area contributed by atoms with Gasteiger partial charge < -0.3 is 5.73 Å². The summed E-state index contributed by atoms with van der Waals surface area (Å²) in [6.45, 7) is 2.99. The summed E-state index contributed by atoms with van der Waals surface area (Å²) in [6.07, 6.45) is 5.47. The summed E-state index contributed by atoms with van der Waals surface area (Å²) in [5, 5.41) is 0. The lowest BCUT2D eigenvalue weighted by molar-refractivity contribution is 0.348. The van der Waals surface area contributed by atoms with Crippen LogP contribution in [0.15, 0.2) is 48.5 Å². The Kier molecular flexibility index (Phi) is 4.40. The van der Waals surface area contributed by atoms with Crippen LogP contribution in [0.2, 0.25) is 0 Å². The summed E-state index contributed by atoms with van der Waals surface area (Å²) in [5.74, 6) is 1.69. The standard InChI is InChI=1S/C20H25N/c1-15-2-6-17(7-3-15)19-10-12-20(13-11-19)18-8-4-16(14-21)5-9-18/h4-5,8-13,15,17H,2-3,6-7,14,21H2,1H3. The van der Waals surface area contributed by atoms with Gasteiger partial charge in [-0.1, -0.05) is 68.3 Å². The number of nitrogens with two attached hydrogens (primary N) is 1. The second-order valence-electron chi connectivity index (χ2n) is 6.48. The molecule has 0 spiro atoms. The molecule has 1 nitrogen and oxygen atoms in total. The molecule has 0 heterocycles. The molecule has 0 unspecified atom stereocenters. The minimum atomic E-state index is 0.610. The van der Waals surface area contributed by atoms with E-state index in [1.807, 2.05) is 0 Å². The van der Waals surface area contributed by atoms with Crippen LogP contribution >= 0.6 is 0 Å². The molecule has 0 saturated heterocycles. The molecule has 3 rings (SSSR count). The molecule has 110 valence electrons. The molecular formula is C20H25N. The largest absolute Gasteiger partial charge is 0.326 e. The van der Waals surface area contributed by atoms with Crippen LogP contribution in [-0.2, 0) is 6.54 Å². The fourth-order valence-electron chi connectivity index (χ4n) is 3.37.